The number of hydrogen-bond acceptors (Lipinski definition) is 4. The Morgan fingerprint density at radius 1 is 1.04 bits per heavy atom. The molecule has 2 aromatic rings. The van der Waals surface area contributed by atoms with Gasteiger partial charge in [-0.05, 0) is 61.6 Å². The SMILES string of the molecule is COc1ccc(C2CCCN2C(=O)COc2cc(C)ccc2C)cc1OC. The molecule has 0 radical (unpaired) electrons. The predicted molar refractivity (Wildman–Crippen MR) is 105 cm³/mol. The number of methoxy groups -OCH3 is 2. The van der Waals surface area contributed by atoms with Crippen LogP contribution in [0.15, 0.2) is 36.4 Å². The van der Waals surface area contributed by atoms with E-state index in [0.717, 1.165) is 41.8 Å². The molecule has 5 heteroatoms. The highest BCUT2D eigenvalue weighted by atomic mass is 16.5. The first-order valence-electron chi connectivity index (χ1n) is 9.25. The molecular formula is C22H27NO4. The topological polar surface area (TPSA) is 48.0 Å². The van der Waals surface area contributed by atoms with Gasteiger partial charge in [-0.2, -0.15) is 0 Å². The second-order valence-corrected chi connectivity index (χ2v) is 6.92. The summed E-state index contributed by atoms with van der Waals surface area (Å²) in [5, 5.41) is 0. The van der Waals surface area contributed by atoms with E-state index < -0.39 is 0 Å². The Bertz CT molecular complexity index is 818. The van der Waals surface area contributed by atoms with E-state index in [2.05, 4.69) is 0 Å². The van der Waals surface area contributed by atoms with Crippen molar-refractivity contribution in [2.75, 3.05) is 27.4 Å². The van der Waals surface area contributed by atoms with Crippen molar-refractivity contribution >= 4 is 5.91 Å². The third-order valence-electron chi connectivity index (χ3n) is 5.06. The number of hydrogen-bond donors (Lipinski definition) is 0. The van der Waals surface area contributed by atoms with E-state index in [1.807, 2.05) is 55.1 Å². The lowest BCUT2D eigenvalue weighted by atomic mass is 10.0. The molecule has 1 saturated heterocycles. The van der Waals surface area contributed by atoms with Crippen molar-refractivity contribution in [1.29, 1.82) is 0 Å². The van der Waals surface area contributed by atoms with Crippen LogP contribution in [0.4, 0.5) is 0 Å². The van der Waals surface area contributed by atoms with Crippen molar-refractivity contribution in [1.82, 2.24) is 4.90 Å². The van der Waals surface area contributed by atoms with Crippen LogP contribution in [-0.4, -0.2) is 38.2 Å². The van der Waals surface area contributed by atoms with Crippen LogP contribution in [0.3, 0.4) is 0 Å². The summed E-state index contributed by atoms with van der Waals surface area (Å²) >= 11 is 0. The number of carbonyl (C=O) groups is 1. The quantitative estimate of drug-likeness (QED) is 0.770. The van der Waals surface area contributed by atoms with E-state index in [0.29, 0.717) is 11.5 Å². The highest BCUT2D eigenvalue weighted by Gasteiger charge is 2.30. The van der Waals surface area contributed by atoms with Crippen LogP contribution in [0.5, 0.6) is 17.2 Å². The van der Waals surface area contributed by atoms with E-state index in [1.54, 1.807) is 14.2 Å². The molecule has 0 spiro atoms. The molecule has 5 nitrogen and oxygen atoms in total. The van der Waals surface area contributed by atoms with Gasteiger partial charge in [0.05, 0.1) is 20.3 Å². The lowest BCUT2D eigenvalue weighted by molar-refractivity contribution is -0.134. The van der Waals surface area contributed by atoms with Crippen LogP contribution in [0.25, 0.3) is 0 Å². The number of nitrogens with zero attached hydrogens (tertiary/aromatic N) is 1. The molecule has 0 bridgehead atoms. The van der Waals surface area contributed by atoms with Gasteiger partial charge < -0.3 is 19.1 Å². The van der Waals surface area contributed by atoms with Crippen LogP contribution in [0.1, 0.15) is 35.6 Å². The zero-order valence-corrected chi connectivity index (χ0v) is 16.5. The molecule has 0 aromatic heterocycles. The smallest absolute Gasteiger partial charge is 0.261 e. The first-order chi connectivity index (χ1) is 13.0. The second-order valence-electron chi connectivity index (χ2n) is 6.92. The number of benzene rings is 2. The third kappa shape index (κ3) is 4.18. The van der Waals surface area contributed by atoms with Crippen molar-refractivity contribution < 1.29 is 19.0 Å². The first kappa shape index (κ1) is 19.1. The van der Waals surface area contributed by atoms with E-state index in [1.165, 1.54) is 0 Å². The van der Waals surface area contributed by atoms with E-state index >= 15 is 0 Å². The van der Waals surface area contributed by atoms with Gasteiger partial charge in [-0.1, -0.05) is 18.2 Å². The second kappa shape index (κ2) is 8.33. The molecule has 1 atom stereocenters. The Morgan fingerprint density at radius 3 is 2.56 bits per heavy atom. The van der Waals surface area contributed by atoms with Gasteiger partial charge in [-0.15, -0.1) is 0 Å². The largest absolute Gasteiger partial charge is 0.493 e. The summed E-state index contributed by atoms with van der Waals surface area (Å²) in [4.78, 5) is 14.7. The van der Waals surface area contributed by atoms with Crippen molar-refractivity contribution in [3.63, 3.8) is 0 Å². The monoisotopic (exact) mass is 369 g/mol. The van der Waals surface area contributed by atoms with E-state index in [4.69, 9.17) is 14.2 Å². The van der Waals surface area contributed by atoms with Crippen molar-refractivity contribution in [3.05, 3.63) is 53.1 Å². The molecule has 27 heavy (non-hydrogen) atoms. The fourth-order valence-corrected chi connectivity index (χ4v) is 3.56. The van der Waals surface area contributed by atoms with E-state index in [9.17, 15) is 4.79 Å². The Hall–Kier alpha value is -2.69. The molecule has 0 aliphatic carbocycles. The molecule has 3 rings (SSSR count). The number of carbonyl (C=O) groups excluding carboxylic acids is 1. The molecule has 1 aliphatic rings. The Labute approximate surface area is 160 Å². The number of ether oxygens (including phenoxy) is 3. The minimum atomic E-state index is 0.00758. The standard InChI is InChI=1S/C22H27NO4/c1-15-7-8-16(2)20(12-15)27-14-22(24)23-11-5-6-18(23)17-9-10-19(25-3)21(13-17)26-4/h7-10,12-13,18H,5-6,11,14H2,1-4H3. The van der Waals surface area contributed by atoms with Crippen LogP contribution < -0.4 is 14.2 Å². The molecule has 1 fully saturated rings. The minimum absolute atomic E-state index is 0.00758. The van der Waals surface area contributed by atoms with Gasteiger partial charge in [0.15, 0.2) is 18.1 Å². The molecule has 2 aromatic carbocycles. The Kier molecular flexibility index (Phi) is 5.89. The zero-order valence-electron chi connectivity index (χ0n) is 16.5. The summed E-state index contributed by atoms with van der Waals surface area (Å²) in [5.41, 5.74) is 3.21. The van der Waals surface area contributed by atoms with Crippen LogP contribution in [0.2, 0.25) is 0 Å². The maximum atomic E-state index is 12.8. The van der Waals surface area contributed by atoms with Gasteiger partial charge in [-0.25, -0.2) is 0 Å². The first-order valence-corrected chi connectivity index (χ1v) is 9.25. The summed E-state index contributed by atoms with van der Waals surface area (Å²) in [5.74, 6) is 2.15. The van der Waals surface area contributed by atoms with Gasteiger partial charge in [0.1, 0.15) is 5.75 Å². The van der Waals surface area contributed by atoms with Crippen LogP contribution in [-0.2, 0) is 4.79 Å². The van der Waals surface area contributed by atoms with Crippen molar-refractivity contribution in [2.45, 2.75) is 32.7 Å². The highest BCUT2D eigenvalue weighted by molar-refractivity contribution is 5.78. The Balaban J connectivity index is 1.72. The molecule has 1 amide bonds. The van der Waals surface area contributed by atoms with Crippen LogP contribution in [0, 0.1) is 13.8 Å². The molecule has 0 saturated carbocycles. The summed E-state index contributed by atoms with van der Waals surface area (Å²) in [6.45, 7) is 4.80. The molecule has 1 aliphatic heterocycles. The zero-order chi connectivity index (χ0) is 19.4. The molecular weight excluding hydrogens is 342 g/mol. The highest BCUT2D eigenvalue weighted by Crippen LogP contribution is 2.37. The summed E-state index contributed by atoms with van der Waals surface area (Å²) in [6.07, 6.45) is 1.92. The maximum Gasteiger partial charge on any atom is 0.261 e. The summed E-state index contributed by atoms with van der Waals surface area (Å²) in [7, 11) is 3.24. The number of rotatable bonds is 6. The lowest BCUT2D eigenvalue weighted by Gasteiger charge is -2.26. The third-order valence-corrected chi connectivity index (χ3v) is 5.06. The van der Waals surface area contributed by atoms with Gasteiger partial charge in [-0.3, -0.25) is 4.79 Å². The average molecular weight is 369 g/mol. The van der Waals surface area contributed by atoms with Crippen molar-refractivity contribution in [3.8, 4) is 17.2 Å². The average Bonchev–Trinajstić information content (AvgIpc) is 3.17. The van der Waals surface area contributed by atoms with Gasteiger partial charge in [0.2, 0.25) is 0 Å². The summed E-state index contributed by atoms with van der Waals surface area (Å²) < 4.78 is 16.5. The summed E-state index contributed by atoms with van der Waals surface area (Å²) in [6, 6.07) is 11.9. The van der Waals surface area contributed by atoms with Gasteiger partial charge >= 0.3 is 0 Å². The number of likely N-dealkylation sites (tertiary alicyclic amines) is 1. The van der Waals surface area contributed by atoms with E-state index in [-0.39, 0.29) is 18.6 Å². The maximum absolute atomic E-state index is 12.8. The fourth-order valence-electron chi connectivity index (χ4n) is 3.56. The molecule has 144 valence electrons. The lowest BCUT2D eigenvalue weighted by Crippen LogP contribution is -2.34. The minimum Gasteiger partial charge on any atom is -0.493 e. The normalized spacial score (nSPS) is 16.3. The van der Waals surface area contributed by atoms with Gasteiger partial charge in [0.25, 0.3) is 5.91 Å². The molecule has 0 N–H and O–H groups in total. The number of aryl methyl sites for hydroxylation is 2. The predicted octanol–water partition coefficient (Wildman–Crippen LogP) is 4.06. The number of amides is 1. The van der Waals surface area contributed by atoms with Crippen LogP contribution >= 0.6 is 0 Å². The fraction of sp³-hybridized carbons (Fsp3) is 0.409. The Morgan fingerprint density at radius 2 is 1.81 bits per heavy atom. The van der Waals surface area contributed by atoms with Gasteiger partial charge in [0, 0.05) is 6.54 Å². The molecule has 1 unspecified atom stereocenters. The van der Waals surface area contributed by atoms with Crippen molar-refractivity contribution in [2.24, 2.45) is 0 Å². The molecule has 1 heterocycles.